The lowest BCUT2D eigenvalue weighted by Gasteiger charge is -2.32. The van der Waals surface area contributed by atoms with Crippen LogP contribution >= 0.6 is 0 Å². The Bertz CT molecular complexity index is 921. The number of nitrogens with one attached hydrogen (secondary N) is 2. The molecular weight excluding hydrogens is 370 g/mol. The maximum Gasteiger partial charge on any atom is 0.261 e. The number of imide groups is 1. The molecule has 3 N–H and O–H groups in total. The molecule has 2 aromatic rings. The lowest BCUT2D eigenvalue weighted by molar-refractivity contribution is 0.0478. The van der Waals surface area contributed by atoms with Gasteiger partial charge in [0.25, 0.3) is 11.8 Å². The molecule has 5 rings (SSSR count). The van der Waals surface area contributed by atoms with Gasteiger partial charge in [0.2, 0.25) is 0 Å². The van der Waals surface area contributed by atoms with Crippen LogP contribution in [0.5, 0.6) is 0 Å². The number of ether oxygens (including phenoxy) is 1. The van der Waals surface area contributed by atoms with Gasteiger partial charge in [0.05, 0.1) is 26.4 Å². The van der Waals surface area contributed by atoms with Crippen molar-refractivity contribution >= 4 is 34.0 Å². The van der Waals surface area contributed by atoms with Gasteiger partial charge < -0.3 is 20.5 Å². The number of benzene rings is 2. The van der Waals surface area contributed by atoms with Gasteiger partial charge in [-0.2, -0.15) is 0 Å². The van der Waals surface area contributed by atoms with Crippen LogP contribution < -0.4 is 10.6 Å². The van der Waals surface area contributed by atoms with Crippen LogP contribution in [0.4, 0.5) is 11.4 Å². The predicted octanol–water partition coefficient (Wildman–Crippen LogP) is 2.59. The van der Waals surface area contributed by atoms with Gasteiger partial charge in [0, 0.05) is 45.4 Å². The molecule has 7 nitrogen and oxygen atoms in total. The summed E-state index contributed by atoms with van der Waals surface area (Å²) in [5, 5.41) is 17.9. The third-order valence-electron chi connectivity index (χ3n) is 6.25. The zero-order chi connectivity index (χ0) is 20.0. The Balaban J connectivity index is 1.57. The molecule has 7 heteroatoms. The summed E-state index contributed by atoms with van der Waals surface area (Å²) in [5.74, 6) is -0.582. The number of hydrogen-bond donors (Lipinski definition) is 3. The number of carbonyl (C=O) groups excluding carboxylic acids is 2. The summed E-state index contributed by atoms with van der Waals surface area (Å²) in [6.07, 6.45) is 4.65. The van der Waals surface area contributed by atoms with E-state index in [1.807, 2.05) is 24.3 Å². The van der Waals surface area contributed by atoms with Crippen molar-refractivity contribution in [2.75, 3.05) is 37.0 Å². The second-order valence-electron chi connectivity index (χ2n) is 7.96. The largest absolute Gasteiger partial charge is 0.394 e. The molecule has 2 aromatic carbocycles. The molecule has 0 saturated heterocycles. The van der Waals surface area contributed by atoms with Crippen molar-refractivity contribution in [2.24, 2.45) is 0 Å². The van der Waals surface area contributed by atoms with E-state index in [0.29, 0.717) is 23.2 Å². The zero-order valence-corrected chi connectivity index (χ0v) is 16.2. The van der Waals surface area contributed by atoms with Gasteiger partial charge in [-0.05, 0) is 37.1 Å². The first-order valence-electron chi connectivity index (χ1n) is 10.4. The van der Waals surface area contributed by atoms with E-state index in [9.17, 15) is 9.59 Å². The molecule has 1 aliphatic carbocycles. The number of nitrogens with zero attached hydrogens (tertiary/aromatic N) is 1. The average molecular weight is 395 g/mol. The number of carbonyl (C=O) groups is 2. The van der Waals surface area contributed by atoms with Crippen molar-refractivity contribution < 1.29 is 19.4 Å². The van der Waals surface area contributed by atoms with Crippen molar-refractivity contribution in [1.82, 2.24) is 4.90 Å². The lowest BCUT2D eigenvalue weighted by Crippen LogP contribution is -2.42. The van der Waals surface area contributed by atoms with Crippen LogP contribution in [-0.2, 0) is 4.74 Å². The van der Waals surface area contributed by atoms with Crippen molar-refractivity contribution in [3.05, 3.63) is 35.4 Å². The highest BCUT2D eigenvalue weighted by Gasteiger charge is 2.36. The molecule has 2 heterocycles. The van der Waals surface area contributed by atoms with Crippen LogP contribution in [-0.4, -0.2) is 60.3 Å². The quantitative estimate of drug-likeness (QED) is 0.533. The Morgan fingerprint density at radius 3 is 2.03 bits per heavy atom. The van der Waals surface area contributed by atoms with Crippen LogP contribution in [0.3, 0.4) is 0 Å². The maximum absolute atomic E-state index is 13.1. The van der Waals surface area contributed by atoms with Gasteiger partial charge in [-0.25, -0.2) is 0 Å². The second kappa shape index (κ2) is 7.31. The highest BCUT2D eigenvalue weighted by molar-refractivity contribution is 6.28. The zero-order valence-electron chi connectivity index (χ0n) is 16.2. The molecule has 0 radical (unpaired) electrons. The lowest BCUT2D eigenvalue weighted by atomic mass is 9.90. The van der Waals surface area contributed by atoms with Crippen molar-refractivity contribution in [1.29, 1.82) is 0 Å². The molecule has 2 atom stereocenters. The molecule has 0 spiro atoms. The Morgan fingerprint density at radius 1 is 0.897 bits per heavy atom. The molecule has 2 aliphatic heterocycles. The minimum atomic E-state index is -0.291. The van der Waals surface area contributed by atoms with E-state index in [4.69, 9.17) is 9.84 Å². The average Bonchev–Trinajstić information content (AvgIpc) is 2.90. The molecule has 0 bridgehead atoms. The van der Waals surface area contributed by atoms with Gasteiger partial charge in [-0.3, -0.25) is 14.5 Å². The fraction of sp³-hybridized carbons (Fsp3) is 0.455. The number of amides is 2. The van der Waals surface area contributed by atoms with E-state index in [2.05, 4.69) is 10.6 Å². The first kappa shape index (κ1) is 18.4. The van der Waals surface area contributed by atoms with E-state index in [-0.39, 0.29) is 38.2 Å². The summed E-state index contributed by atoms with van der Waals surface area (Å²) >= 11 is 0. The fourth-order valence-electron chi connectivity index (χ4n) is 4.88. The van der Waals surface area contributed by atoms with Crippen LogP contribution in [0.2, 0.25) is 0 Å². The monoisotopic (exact) mass is 395 g/mol. The van der Waals surface area contributed by atoms with Gasteiger partial charge in [-0.1, -0.05) is 12.8 Å². The van der Waals surface area contributed by atoms with Gasteiger partial charge in [0.15, 0.2) is 0 Å². The molecule has 3 aliphatic rings. The summed E-state index contributed by atoms with van der Waals surface area (Å²) < 4.78 is 5.26. The molecule has 29 heavy (non-hydrogen) atoms. The summed E-state index contributed by atoms with van der Waals surface area (Å²) in [5.41, 5.74) is 3.08. The van der Waals surface area contributed by atoms with Crippen molar-refractivity contribution in [2.45, 2.75) is 37.8 Å². The number of aliphatic hydroxyl groups excluding tert-OH is 1. The van der Waals surface area contributed by atoms with Gasteiger partial charge >= 0.3 is 0 Å². The van der Waals surface area contributed by atoms with Gasteiger partial charge in [-0.15, -0.1) is 0 Å². The fourth-order valence-corrected chi connectivity index (χ4v) is 4.88. The Kier molecular flexibility index (Phi) is 4.64. The normalized spacial score (nSPS) is 22.7. The van der Waals surface area contributed by atoms with Crippen LogP contribution in [0.15, 0.2) is 24.3 Å². The van der Waals surface area contributed by atoms with Gasteiger partial charge in [0.1, 0.15) is 0 Å². The number of aliphatic hydroxyl groups is 1. The summed E-state index contributed by atoms with van der Waals surface area (Å²) in [4.78, 5) is 27.4. The van der Waals surface area contributed by atoms with E-state index in [0.717, 1.165) is 35.0 Å². The third kappa shape index (κ3) is 2.96. The molecule has 2 amide bonds. The number of rotatable bonds is 5. The van der Waals surface area contributed by atoms with Crippen LogP contribution in [0, 0.1) is 0 Å². The number of hydrogen-bond acceptors (Lipinski definition) is 6. The van der Waals surface area contributed by atoms with E-state index >= 15 is 0 Å². The summed E-state index contributed by atoms with van der Waals surface area (Å²) in [6, 6.07) is 8.30. The first-order chi connectivity index (χ1) is 14.2. The number of anilines is 2. The molecule has 152 valence electrons. The molecule has 1 fully saturated rings. The number of fused-ring (bicyclic) bond motifs is 1. The SMILES string of the molecule is O=C1c2ccc3c4c(ccc(c24)C(=O)N1CCOCCO)NC1CCCCC1N3. The minimum absolute atomic E-state index is 0.0857. The highest BCUT2D eigenvalue weighted by atomic mass is 16.5. The third-order valence-corrected chi connectivity index (χ3v) is 6.25. The minimum Gasteiger partial charge on any atom is -0.394 e. The standard InChI is InChI=1S/C22H25N3O4/c26-10-12-29-11-9-25-21(27)13-5-7-17-20-18(8-6-14(19(13)20)22(25)28)24-16-4-2-1-3-15(16)23-17/h5-8,15-16,23-24,26H,1-4,9-12H2. The van der Waals surface area contributed by atoms with Crippen molar-refractivity contribution in [3.8, 4) is 0 Å². The van der Waals surface area contributed by atoms with E-state index in [1.165, 1.54) is 17.7 Å². The maximum atomic E-state index is 13.1. The Morgan fingerprint density at radius 2 is 1.48 bits per heavy atom. The second-order valence-corrected chi connectivity index (χ2v) is 7.96. The topological polar surface area (TPSA) is 90.9 Å². The first-order valence-corrected chi connectivity index (χ1v) is 10.4. The Labute approximate surface area is 169 Å². The molecule has 0 aromatic heterocycles. The summed E-state index contributed by atoms with van der Waals surface area (Å²) in [7, 11) is 0. The predicted molar refractivity (Wildman–Crippen MR) is 111 cm³/mol. The van der Waals surface area contributed by atoms with Crippen molar-refractivity contribution in [3.63, 3.8) is 0 Å². The van der Waals surface area contributed by atoms with E-state index in [1.54, 1.807) is 0 Å². The Hall–Kier alpha value is -2.64. The smallest absolute Gasteiger partial charge is 0.261 e. The summed E-state index contributed by atoms with van der Waals surface area (Å²) in [6.45, 7) is 0.480. The van der Waals surface area contributed by atoms with E-state index < -0.39 is 0 Å². The molecule has 1 saturated carbocycles. The van der Waals surface area contributed by atoms with Crippen LogP contribution in [0.1, 0.15) is 46.4 Å². The molecular formula is C22H25N3O4. The highest BCUT2D eigenvalue weighted by Crippen LogP contribution is 2.42. The van der Waals surface area contributed by atoms with Crippen LogP contribution in [0.25, 0.3) is 10.8 Å². The molecule has 2 unspecified atom stereocenters.